The Bertz CT molecular complexity index is 424. The molecule has 0 aliphatic carbocycles. The van der Waals surface area contributed by atoms with E-state index >= 15 is 0 Å². The molecule has 0 spiro atoms. The Hall–Kier alpha value is -1.53. The van der Waals surface area contributed by atoms with E-state index in [0.717, 1.165) is 30.8 Å². The van der Waals surface area contributed by atoms with Gasteiger partial charge in [0.1, 0.15) is 0 Å². The molecule has 3 heteroatoms. The molecule has 0 bridgehead atoms. The molecule has 0 amide bonds. The summed E-state index contributed by atoms with van der Waals surface area (Å²) in [6.07, 6.45) is 1.31. The van der Waals surface area contributed by atoms with Crippen LogP contribution in [0.2, 0.25) is 0 Å². The molecular formula is C14H18N2O. The molecular weight excluding hydrogens is 212 g/mol. The van der Waals surface area contributed by atoms with E-state index in [0.29, 0.717) is 6.04 Å². The minimum atomic E-state index is 0.253. The van der Waals surface area contributed by atoms with E-state index in [9.17, 15) is 0 Å². The van der Waals surface area contributed by atoms with Crippen LogP contribution in [0.4, 0.5) is 5.69 Å². The first-order valence-electron chi connectivity index (χ1n) is 6.13. The van der Waals surface area contributed by atoms with Crippen molar-refractivity contribution in [2.75, 3.05) is 18.1 Å². The van der Waals surface area contributed by atoms with Gasteiger partial charge in [0, 0.05) is 12.2 Å². The molecule has 2 rings (SSSR count). The Balaban J connectivity index is 2.26. The van der Waals surface area contributed by atoms with E-state index < -0.39 is 0 Å². The predicted octanol–water partition coefficient (Wildman–Crippen LogP) is 2.56. The normalized spacial score (nSPS) is 24.4. The summed E-state index contributed by atoms with van der Waals surface area (Å²) in [5.41, 5.74) is 1.85. The van der Waals surface area contributed by atoms with Gasteiger partial charge in [-0.2, -0.15) is 5.26 Å². The minimum Gasteiger partial charge on any atom is -0.375 e. The van der Waals surface area contributed by atoms with E-state index in [2.05, 4.69) is 30.9 Å². The molecule has 0 N–H and O–H groups in total. The topological polar surface area (TPSA) is 36.3 Å². The Morgan fingerprint density at radius 3 is 3.06 bits per heavy atom. The number of anilines is 1. The average molecular weight is 230 g/mol. The first-order chi connectivity index (χ1) is 8.24. The second kappa shape index (κ2) is 5.20. The van der Waals surface area contributed by atoms with Crippen molar-refractivity contribution in [3.63, 3.8) is 0 Å². The lowest BCUT2D eigenvalue weighted by molar-refractivity contribution is 0.0299. The molecule has 0 saturated carbocycles. The molecule has 1 aliphatic heterocycles. The molecule has 90 valence electrons. The lowest BCUT2D eigenvalue weighted by atomic mass is 10.1. The van der Waals surface area contributed by atoms with E-state index in [1.54, 1.807) is 0 Å². The zero-order chi connectivity index (χ0) is 12.3. The van der Waals surface area contributed by atoms with E-state index in [4.69, 9.17) is 10.00 Å². The van der Waals surface area contributed by atoms with Crippen molar-refractivity contribution in [1.29, 1.82) is 5.26 Å². The molecule has 1 heterocycles. The third kappa shape index (κ3) is 2.59. The van der Waals surface area contributed by atoms with Gasteiger partial charge in [-0.25, -0.2) is 0 Å². The SMILES string of the molecule is CCC1COC(C)CN1c1cccc(C#N)c1. The molecule has 1 aromatic carbocycles. The van der Waals surface area contributed by atoms with Gasteiger partial charge in [-0.3, -0.25) is 0 Å². The van der Waals surface area contributed by atoms with E-state index in [1.165, 1.54) is 0 Å². The molecule has 1 saturated heterocycles. The average Bonchev–Trinajstić information content (AvgIpc) is 2.39. The number of benzene rings is 1. The highest BCUT2D eigenvalue weighted by Crippen LogP contribution is 2.24. The first-order valence-corrected chi connectivity index (χ1v) is 6.13. The molecule has 17 heavy (non-hydrogen) atoms. The van der Waals surface area contributed by atoms with E-state index in [-0.39, 0.29) is 6.10 Å². The summed E-state index contributed by atoms with van der Waals surface area (Å²) < 4.78 is 5.68. The third-order valence-corrected chi connectivity index (χ3v) is 3.25. The van der Waals surface area contributed by atoms with Gasteiger partial charge in [-0.05, 0) is 31.5 Å². The highest BCUT2D eigenvalue weighted by atomic mass is 16.5. The summed E-state index contributed by atoms with van der Waals surface area (Å²) in [5.74, 6) is 0. The molecule has 2 unspecified atom stereocenters. The lowest BCUT2D eigenvalue weighted by Crippen LogP contribution is -2.48. The van der Waals surface area contributed by atoms with Gasteiger partial charge in [0.2, 0.25) is 0 Å². The van der Waals surface area contributed by atoms with Crippen molar-refractivity contribution in [3.8, 4) is 6.07 Å². The molecule has 2 atom stereocenters. The fourth-order valence-corrected chi connectivity index (χ4v) is 2.25. The second-order valence-electron chi connectivity index (χ2n) is 4.52. The van der Waals surface area contributed by atoms with Crippen LogP contribution in [0, 0.1) is 11.3 Å². The van der Waals surface area contributed by atoms with Crippen LogP contribution in [0.3, 0.4) is 0 Å². The standard InChI is InChI=1S/C14H18N2O/c1-3-13-10-17-11(2)9-16(13)14-6-4-5-12(7-14)8-15/h4-7,11,13H,3,9-10H2,1-2H3. The predicted molar refractivity (Wildman–Crippen MR) is 68.0 cm³/mol. The summed E-state index contributed by atoms with van der Waals surface area (Å²) in [5, 5.41) is 8.94. The molecule has 0 radical (unpaired) electrons. The van der Waals surface area contributed by atoms with Crippen LogP contribution < -0.4 is 4.90 Å². The second-order valence-corrected chi connectivity index (χ2v) is 4.52. The van der Waals surface area contributed by atoms with Gasteiger partial charge in [0.25, 0.3) is 0 Å². The third-order valence-electron chi connectivity index (χ3n) is 3.25. The summed E-state index contributed by atoms with van der Waals surface area (Å²) in [6, 6.07) is 10.4. The van der Waals surface area contributed by atoms with Crippen molar-refractivity contribution in [2.45, 2.75) is 32.4 Å². The number of nitriles is 1. The highest BCUT2D eigenvalue weighted by molar-refractivity contribution is 5.52. The van der Waals surface area contributed by atoms with Crippen molar-refractivity contribution in [2.24, 2.45) is 0 Å². The van der Waals surface area contributed by atoms with Crippen LogP contribution in [0.25, 0.3) is 0 Å². The number of hydrogen-bond donors (Lipinski definition) is 0. The number of ether oxygens (including phenoxy) is 1. The van der Waals surface area contributed by atoms with Gasteiger partial charge in [0.15, 0.2) is 0 Å². The first kappa shape index (κ1) is 11.9. The monoisotopic (exact) mass is 230 g/mol. The zero-order valence-corrected chi connectivity index (χ0v) is 10.4. The lowest BCUT2D eigenvalue weighted by Gasteiger charge is -2.40. The van der Waals surface area contributed by atoms with Crippen LogP contribution in [0.15, 0.2) is 24.3 Å². The minimum absolute atomic E-state index is 0.253. The molecule has 1 fully saturated rings. The fraction of sp³-hybridized carbons (Fsp3) is 0.500. The van der Waals surface area contributed by atoms with Crippen molar-refractivity contribution in [1.82, 2.24) is 0 Å². The fourth-order valence-electron chi connectivity index (χ4n) is 2.25. The van der Waals surface area contributed by atoms with Crippen LogP contribution >= 0.6 is 0 Å². The number of nitrogens with zero attached hydrogens (tertiary/aromatic N) is 2. The van der Waals surface area contributed by atoms with Gasteiger partial charge in [-0.15, -0.1) is 0 Å². The summed E-state index contributed by atoms with van der Waals surface area (Å²) in [4.78, 5) is 2.36. The van der Waals surface area contributed by atoms with Crippen LogP contribution in [0.1, 0.15) is 25.8 Å². The Kier molecular flexibility index (Phi) is 3.65. The van der Waals surface area contributed by atoms with Gasteiger partial charge < -0.3 is 9.64 Å². The smallest absolute Gasteiger partial charge is 0.0992 e. The maximum absolute atomic E-state index is 8.94. The maximum Gasteiger partial charge on any atom is 0.0992 e. The molecule has 0 aromatic heterocycles. The summed E-state index contributed by atoms with van der Waals surface area (Å²) in [7, 11) is 0. The van der Waals surface area contributed by atoms with Crippen molar-refractivity contribution in [3.05, 3.63) is 29.8 Å². The van der Waals surface area contributed by atoms with Crippen molar-refractivity contribution < 1.29 is 4.74 Å². The van der Waals surface area contributed by atoms with Crippen LogP contribution in [0.5, 0.6) is 0 Å². The Labute approximate surface area is 103 Å². The largest absolute Gasteiger partial charge is 0.375 e. The van der Waals surface area contributed by atoms with Gasteiger partial charge in [-0.1, -0.05) is 13.0 Å². The summed E-state index contributed by atoms with van der Waals surface area (Å²) >= 11 is 0. The molecule has 1 aromatic rings. The Morgan fingerprint density at radius 2 is 2.35 bits per heavy atom. The van der Waals surface area contributed by atoms with E-state index in [1.807, 2.05) is 18.2 Å². The van der Waals surface area contributed by atoms with Gasteiger partial charge >= 0.3 is 0 Å². The van der Waals surface area contributed by atoms with Crippen LogP contribution in [-0.4, -0.2) is 25.3 Å². The number of hydrogen-bond acceptors (Lipinski definition) is 3. The zero-order valence-electron chi connectivity index (χ0n) is 10.4. The quantitative estimate of drug-likeness (QED) is 0.783. The molecule has 3 nitrogen and oxygen atoms in total. The Morgan fingerprint density at radius 1 is 1.53 bits per heavy atom. The number of morpholine rings is 1. The summed E-state index contributed by atoms with van der Waals surface area (Å²) in [6.45, 7) is 5.93. The van der Waals surface area contributed by atoms with Crippen molar-refractivity contribution >= 4 is 5.69 Å². The number of rotatable bonds is 2. The maximum atomic E-state index is 8.94. The highest BCUT2D eigenvalue weighted by Gasteiger charge is 2.25. The van der Waals surface area contributed by atoms with Crippen LogP contribution in [-0.2, 0) is 4.74 Å². The molecule has 1 aliphatic rings. The van der Waals surface area contributed by atoms with Gasteiger partial charge in [0.05, 0.1) is 30.4 Å².